The summed E-state index contributed by atoms with van der Waals surface area (Å²) in [6.45, 7) is 4.36. The fraction of sp³-hybridized carbons (Fsp3) is 0.350. The van der Waals surface area contributed by atoms with E-state index in [0.29, 0.717) is 17.8 Å². The Morgan fingerprint density at radius 3 is 2.46 bits per heavy atom. The van der Waals surface area contributed by atoms with Crippen LogP contribution in [0.25, 0.3) is 0 Å². The summed E-state index contributed by atoms with van der Waals surface area (Å²) in [5.41, 5.74) is 2.98. The summed E-state index contributed by atoms with van der Waals surface area (Å²) < 4.78 is 25.2. The molecular formula is C20H26N4O3S. The van der Waals surface area contributed by atoms with Crippen LogP contribution in [0.3, 0.4) is 0 Å². The van der Waals surface area contributed by atoms with Crippen molar-refractivity contribution in [2.45, 2.75) is 6.54 Å². The Bertz CT molecular complexity index is 938. The summed E-state index contributed by atoms with van der Waals surface area (Å²) >= 11 is 0. The van der Waals surface area contributed by atoms with Gasteiger partial charge < -0.3 is 15.1 Å². The normalized spacial score (nSPS) is 15.3. The summed E-state index contributed by atoms with van der Waals surface area (Å²) in [6.07, 6.45) is 1.08. The molecule has 0 unspecified atom stereocenters. The molecule has 0 atom stereocenters. The van der Waals surface area contributed by atoms with Crippen LogP contribution in [-0.2, 0) is 16.6 Å². The first-order valence-electron chi connectivity index (χ1n) is 9.19. The number of piperazine rings is 1. The van der Waals surface area contributed by atoms with Crippen LogP contribution in [0.5, 0.6) is 0 Å². The highest BCUT2D eigenvalue weighted by Gasteiger charge is 2.17. The first-order chi connectivity index (χ1) is 13.3. The average molecular weight is 403 g/mol. The third kappa shape index (κ3) is 5.46. The summed E-state index contributed by atoms with van der Waals surface area (Å²) in [5.74, 6) is -0.245. The monoisotopic (exact) mass is 402 g/mol. The first-order valence-corrected chi connectivity index (χ1v) is 11.1. The zero-order valence-electron chi connectivity index (χ0n) is 16.2. The van der Waals surface area contributed by atoms with Gasteiger partial charge >= 0.3 is 0 Å². The molecule has 0 bridgehead atoms. The van der Waals surface area contributed by atoms with Gasteiger partial charge in [0.05, 0.1) is 6.26 Å². The number of hydrogen-bond donors (Lipinski definition) is 2. The number of anilines is 2. The van der Waals surface area contributed by atoms with Crippen molar-refractivity contribution in [1.82, 2.24) is 10.2 Å². The maximum Gasteiger partial charge on any atom is 0.251 e. The molecule has 8 heteroatoms. The SMILES string of the molecule is CN1CCN(c2ccccc2CNC(=O)c2cccc(NS(C)(=O)=O)c2)CC1. The summed E-state index contributed by atoms with van der Waals surface area (Å²) in [6, 6.07) is 14.6. The standard InChI is InChI=1S/C20H26N4O3S/c1-23-10-12-24(13-11-23)19-9-4-3-6-17(19)15-21-20(25)16-7-5-8-18(14-16)22-28(2,26)27/h3-9,14,22H,10-13,15H2,1-2H3,(H,21,25). The molecule has 28 heavy (non-hydrogen) atoms. The lowest BCUT2D eigenvalue weighted by Gasteiger charge is -2.35. The zero-order valence-corrected chi connectivity index (χ0v) is 17.0. The maximum absolute atomic E-state index is 12.6. The van der Waals surface area contributed by atoms with Crippen LogP contribution in [0.1, 0.15) is 15.9 Å². The Labute approximate surface area is 166 Å². The molecule has 0 aromatic heterocycles. The quantitative estimate of drug-likeness (QED) is 0.769. The van der Waals surface area contributed by atoms with E-state index in [-0.39, 0.29) is 5.91 Å². The van der Waals surface area contributed by atoms with Gasteiger partial charge in [0, 0.05) is 49.7 Å². The largest absolute Gasteiger partial charge is 0.369 e. The predicted molar refractivity (Wildman–Crippen MR) is 112 cm³/mol. The van der Waals surface area contributed by atoms with Crippen molar-refractivity contribution in [1.29, 1.82) is 0 Å². The molecule has 1 saturated heterocycles. The highest BCUT2D eigenvalue weighted by atomic mass is 32.2. The van der Waals surface area contributed by atoms with Gasteiger partial charge in [-0.2, -0.15) is 0 Å². The maximum atomic E-state index is 12.6. The van der Waals surface area contributed by atoms with E-state index >= 15 is 0 Å². The number of hydrogen-bond acceptors (Lipinski definition) is 5. The van der Waals surface area contributed by atoms with Gasteiger partial charge in [-0.25, -0.2) is 8.42 Å². The number of carbonyl (C=O) groups is 1. The number of benzene rings is 2. The number of para-hydroxylation sites is 1. The number of rotatable bonds is 6. The van der Waals surface area contributed by atoms with Gasteiger partial charge in [-0.05, 0) is 36.9 Å². The summed E-state index contributed by atoms with van der Waals surface area (Å²) in [7, 11) is -1.27. The molecule has 1 amide bonds. The van der Waals surface area contributed by atoms with Gasteiger partial charge in [-0.1, -0.05) is 24.3 Å². The highest BCUT2D eigenvalue weighted by Crippen LogP contribution is 2.22. The molecule has 2 N–H and O–H groups in total. The Kier molecular flexibility index (Phi) is 6.21. The summed E-state index contributed by atoms with van der Waals surface area (Å²) in [5, 5.41) is 2.94. The van der Waals surface area contributed by atoms with Crippen LogP contribution in [0.15, 0.2) is 48.5 Å². The second kappa shape index (κ2) is 8.62. The average Bonchev–Trinajstić information content (AvgIpc) is 2.66. The van der Waals surface area contributed by atoms with E-state index in [9.17, 15) is 13.2 Å². The second-order valence-electron chi connectivity index (χ2n) is 7.06. The molecule has 2 aromatic rings. The van der Waals surface area contributed by atoms with Crippen LogP contribution in [0.2, 0.25) is 0 Å². The number of amides is 1. The van der Waals surface area contributed by atoms with Crippen molar-refractivity contribution >= 4 is 27.3 Å². The van der Waals surface area contributed by atoms with E-state index in [4.69, 9.17) is 0 Å². The molecule has 2 aromatic carbocycles. The Morgan fingerprint density at radius 1 is 1.04 bits per heavy atom. The van der Waals surface area contributed by atoms with Crippen LogP contribution in [0, 0.1) is 0 Å². The van der Waals surface area contributed by atoms with Crippen molar-refractivity contribution < 1.29 is 13.2 Å². The van der Waals surface area contributed by atoms with Crippen LogP contribution < -0.4 is 14.9 Å². The van der Waals surface area contributed by atoms with Crippen molar-refractivity contribution in [3.63, 3.8) is 0 Å². The summed E-state index contributed by atoms with van der Waals surface area (Å²) in [4.78, 5) is 17.2. The molecule has 150 valence electrons. The predicted octanol–water partition coefficient (Wildman–Crippen LogP) is 1.74. The minimum atomic E-state index is -3.39. The Hall–Kier alpha value is -2.58. The molecule has 0 aliphatic carbocycles. The lowest BCUT2D eigenvalue weighted by Crippen LogP contribution is -2.45. The molecule has 0 radical (unpaired) electrons. The second-order valence-corrected chi connectivity index (χ2v) is 8.81. The number of likely N-dealkylation sites (N-methyl/N-ethyl adjacent to an activating group) is 1. The van der Waals surface area contributed by atoms with E-state index < -0.39 is 10.0 Å². The molecule has 3 rings (SSSR count). The number of nitrogens with zero attached hydrogens (tertiary/aromatic N) is 2. The van der Waals surface area contributed by atoms with Gasteiger partial charge in [0.15, 0.2) is 0 Å². The fourth-order valence-electron chi connectivity index (χ4n) is 3.23. The fourth-order valence-corrected chi connectivity index (χ4v) is 3.79. The van der Waals surface area contributed by atoms with E-state index in [0.717, 1.165) is 43.7 Å². The van der Waals surface area contributed by atoms with Crippen molar-refractivity contribution in [3.05, 3.63) is 59.7 Å². The van der Waals surface area contributed by atoms with Gasteiger partial charge in [-0.15, -0.1) is 0 Å². The van der Waals surface area contributed by atoms with E-state index in [1.54, 1.807) is 18.2 Å². The molecule has 1 aliphatic heterocycles. The van der Waals surface area contributed by atoms with Crippen molar-refractivity contribution in [2.24, 2.45) is 0 Å². The van der Waals surface area contributed by atoms with Gasteiger partial charge in [0.2, 0.25) is 10.0 Å². The van der Waals surface area contributed by atoms with Crippen molar-refractivity contribution in [3.8, 4) is 0 Å². The van der Waals surface area contributed by atoms with E-state index in [1.165, 1.54) is 6.07 Å². The van der Waals surface area contributed by atoms with Gasteiger partial charge in [0.25, 0.3) is 5.91 Å². The molecule has 1 aliphatic rings. The Morgan fingerprint density at radius 2 is 1.75 bits per heavy atom. The zero-order chi connectivity index (χ0) is 20.1. The first kappa shape index (κ1) is 20.2. The smallest absolute Gasteiger partial charge is 0.251 e. The Balaban J connectivity index is 1.68. The molecule has 1 heterocycles. The minimum absolute atomic E-state index is 0.245. The molecular weight excluding hydrogens is 376 g/mol. The van der Waals surface area contributed by atoms with Crippen LogP contribution in [0.4, 0.5) is 11.4 Å². The van der Waals surface area contributed by atoms with Crippen LogP contribution >= 0.6 is 0 Å². The van der Waals surface area contributed by atoms with E-state index in [2.05, 4.69) is 33.0 Å². The molecule has 0 saturated carbocycles. The number of sulfonamides is 1. The van der Waals surface area contributed by atoms with E-state index in [1.807, 2.05) is 18.2 Å². The van der Waals surface area contributed by atoms with Crippen molar-refractivity contribution in [2.75, 3.05) is 49.1 Å². The lowest BCUT2D eigenvalue weighted by atomic mass is 10.1. The minimum Gasteiger partial charge on any atom is -0.369 e. The third-order valence-electron chi connectivity index (χ3n) is 4.70. The highest BCUT2D eigenvalue weighted by molar-refractivity contribution is 7.92. The number of nitrogens with one attached hydrogen (secondary N) is 2. The molecule has 1 fully saturated rings. The molecule has 0 spiro atoms. The topological polar surface area (TPSA) is 81.8 Å². The van der Waals surface area contributed by atoms with Gasteiger partial charge in [-0.3, -0.25) is 9.52 Å². The van der Waals surface area contributed by atoms with Crippen LogP contribution in [-0.4, -0.2) is 58.7 Å². The third-order valence-corrected chi connectivity index (χ3v) is 5.31. The lowest BCUT2D eigenvalue weighted by molar-refractivity contribution is 0.0951. The molecule has 7 nitrogen and oxygen atoms in total. The number of carbonyl (C=O) groups excluding carboxylic acids is 1. The van der Waals surface area contributed by atoms with Gasteiger partial charge in [0.1, 0.15) is 0 Å².